The number of hydrogen-bond donors (Lipinski definition) is 1. The van der Waals surface area contributed by atoms with Gasteiger partial charge in [0.1, 0.15) is 13.2 Å². The summed E-state index contributed by atoms with van der Waals surface area (Å²) in [6, 6.07) is 2.46. The number of hydrogen-bond acceptors (Lipinski definition) is 3. The van der Waals surface area contributed by atoms with E-state index < -0.39 is 0 Å². The lowest BCUT2D eigenvalue weighted by Gasteiger charge is -2.29. The SMILES string of the molecule is CC(C)c1c(CC2CCCCN2)c(Cl)cc2c1OCCO2. The zero-order valence-electron chi connectivity index (χ0n) is 12.9. The summed E-state index contributed by atoms with van der Waals surface area (Å²) in [5, 5.41) is 4.43. The lowest BCUT2D eigenvalue weighted by molar-refractivity contribution is 0.169. The van der Waals surface area contributed by atoms with E-state index in [0.717, 1.165) is 29.5 Å². The van der Waals surface area contributed by atoms with E-state index >= 15 is 0 Å². The van der Waals surface area contributed by atoms with Gasteiger partial charge in [-0.25, -0.2) is 0 Å². The highest BCUT2D eigenvalue weighted by atomic mass is 35.5. The van der Waals surface area contributed by atoms with Gasteiger partial charge in [-0.15, -0.1) is 0 Å². The van der Waals surface area contributed by atoms with Crippen LogP contribution in [0.2, 0.25) is 5.02 Å². The molecule has 1 saturated heterocycles. The van der Waals surface area contributed by atoms with E-state index in [0.29, 0.717) is 25.2 Å². The molecule has 3 rings (SSSR count). The van der Waals surface area contributed by atoms with Crippen LogP contribution in [-0.2, 0) is 6.42 Å². The molecule has 2 heterocycles. The molecule has 0 amide bonds. The van der Waals surface area contributed by atoms with E-state index in [2.05, 4.69) is 19.2 Å². The minimum atomic E-state index is 0.373. The average molecular weight is 310 g/mol. The van der Waals surface area contributed by atoms with Gasteiger partial charge in [0, 0.05) is 22.7 Å². The Kier molecular flexibility index (Phi) is 4.60. The highest BCUT2D eigenvalue weighted by Crippen LogP contribution is 2.44. The van der Waals surface area contributed by atoms with Gasteiger partial charge in [-0.3, -0.25) is 0 Å². The fourth-order valence-corrected chi connectivity index (χ4v) is 3.66. The van der Waals surface area contributed by atoms with Gasteiger partial charge in [0.15, 0.2) is 11.5 Å². The molecular weight excluding hydrogens is 286 g/mol. The number of benzene rings is 1. The van der Waals surface area contributed by atoms with Crippen LogP contribution in [0.4, 0.5) is 0 Å². The summed E-state index contributed by atoms with van der Waals surface area (Å²) in [6.45, 7) is 6.73. The molecule has 1 aromatic rings. The smallest absolute Gasteiger partial charge is 0.165 e. The largest absolute Gasteiger partial charge is 0.486 e. The number of nitrogens with one attached hydrogen (secondary N) is 1. The molecule has 1 fully saturated rings. The van der Waals surface area contributed by atoms with E-state index in [4.69, 9.17) is 21.1 Å². The highest BCUT2D eigenvalue weighted by Gasteiger charge is 2.26. The molecule has 0 radical (unpaired) electrons. The van der Waals surface area contributed by atoms with Crippen LogP contribution in [0.1, 0.15) is 50.2 Å². The van der Waals surface area contributed by atoms with Gasteiger partial charge in [0.05, 0.1) is 0 Å². The first kappa shape index (κ1) is 15.0. The predicted molar refractivity (Wildman–Crippen MR) is 85.9 cm³/mol. The summed E-state index contributed by atoms with van der Waals surface area (Å²) in [6.07, 6.45) is 4.78. The van der Waals surface area contributed by atoms with Crippen molar-refractivity contribution in [3.63, 3.8) is 0 Å². The third-order valence-electron chi connectivity index (χ3n) is 4.37. The third-order valence-corrected chi connectivity index (χ3v) is 4.70. The van der Waals surface area contributed by atoms with Crippen LogP contribution in [-0.4, -0.2) is 25.8 Å². The summed E-state index contributed by atoms with van der Waals surface area (Å²) >= 11 is 6.57. The molecule has 1 N–H and O–H groups in total. The van der Waals surface area contributed by atoms with E-state index in [-0.39, 0.29) is 0 Å². The minimum absolute atomic E-state index is 0.373. The van der Waals surface area contributed by atoms with Crippen molar-refractivity contribution in [2.24, 2.45) is 0 Å². The molecular formula is C17H24ClNO2. The molecule has 2 aliphatic heterocycles. The first-order valence-electron chi connectivity index (χ1n) is 8.01. The second-order valence-electron chi connectivity index (χ2n) is 6.28. The van der Waals surface area contributed by atoms with Crippen molar-refractivity contribution < 1.29 is 9.47 Å². The van der Waals surface area contributed by atoms with Gasteiger partial charge in [0.2, 0.25) is 0 Å². The Labute approximate surface area is 132 Å². The molecule has 0 bridgehead atoms. The number of ether oxygens (including phenoxy) is 2. The summed E-state index contributed by atoms with van der Waals surface area (Å²) in [5.74, 6) is 2.08. The predicted octanol–water partition coefficient (Wildman–Crippen LogP) is 3.92. The molecule has 1 atom stereocenters. The lowest BCUT2D eigenvalue weighted by Crippen LogP contribution is -2.36. The van der Waals surface area contributed by atoms with Gasteiger partial charge in [-0.05, 0) is 37.3 Å². The minimum Gasteiger partial charge on any atom is -0.486 e. The Morgan fingerprint density at radius 1 is 1.29 bits per heavy atom. The fraction of sp³-hybridized carbons (Fsp3) is 0.647. The molecule has 116 valence electrons. The highest BCUT2D eigenvalue weighted by molar-refractivity contribution is 6.31. The van der Waals surface area contributed by atoms with Gasteiger partial charge < -0.3 is 14.8 Å². The first-order chi connectivity index (χ1) is 10.2. The van der Waals surface area contributed by atoms with Gasteiger partial charge in [-0.2, -0.15) is 0 Å². The summed E-state index contributed by atoms with van der Waals surface area (Å²) in [4.78, 5) is 0. The maximum Gasteiger partial charge on any atom is 0.165 e. The normalized spacial score (nSPS) is 21.6. The van der Waals surface area contributed by atoms with Crippen molar-refractivity contribution in [1.82, 2.24) is 5.32 Å². The maximum atomic E-state index is 6.57. The Hall–Kier alpha value is -0.930. The second-order valence-corrected chi connectivity index (χ2v) is 6.69. The molecule has 4 heteroatoms. The average Bonchev–Trinajstić information content (AvgIpc) is 2.48. The van der Waals surface area contributed by atoms with Crippen molar-refractivity contribution in [3.05, 3.63) is 22.2 Å². The van der Waals surface area contributed by atoms with Gasteiger partial charge in [-0.1, -0.05) is 31.9 Å². The summed E-state index contributed by atoms with van der Waals surface area (Å²) in [7, 11) is 0. The first-order valence-corrected chi connectivity index (χ1v) is 8.39. The topological polar surface area (TPSA) is 30.5 Å². The van der Waals surface area contributed by atoms with Gasteiger partial charge >= 0.3 is 0 Å². The van der Waals surface area contributed by atoms with Crippen molar-refractivity contribution >= 4 is 11.6 Å². The summed E-state index contributed by atoms with van der Waals surface area (Å²) in [5.41, 5.74) is 2.46. The molecule has 0 spiro atoms. The van der Waals surface area contributed by atoms with E-state index in [1.165, 1.54) is 30.4 Å². The van der Waals surface area contributed by atoms with E-state index in [9.17, 15) is 0 Å². The number of piperidine rings is 1. The number of fused-ring (bicyclic) bond motifs is 1. The molecule has 1 aromatic carbocycles. The fourth-order valence-electron chi connectivity index (χ4n) is 3.38. The zero-order valence-corrected chi connectivity index (χ0v) is 13.6. The van der Waals surface area contributed by atoms with Crippen LogP contribution >= 0.6 is 11.6 Å². The van der Waals surface area contributed by atoms with Crippen LogP contribution in [0.5, 0.6) is 11.5 Å². The molecule has 0 saturated carbocycles. The van der Waals surface area contributed by atoms with Crippen molar-refractivity contribution in [2.45, 2.75) is 51.5 Å². The number of halogens is 1. The van der Waals surface area contributed by atoms with Crippen LogP contribution in [0.25, 0.3) is 0 Å². The molecule has 0 aliphatic carbocycles. The molecule has 0 aromatic heterocycles. The molecule has 3 nitrogen and oxygen atoms in total. The van der Waals surface area contributed by atoms with Gasteiger partial charge in [0.25, 0.3) is 0 Å². The van der Waals surface area contributed by atoms with Crippen LogP contribution in [0, 0.1) is 0 Å². The quantitative estimate of drug-likeness (QED) is 0.918. The van der Waals surface area contributed by atoms with E-state index in [1.54, 1.807) is 0 Å². The van der Waals surface area contributed by atoms with Crippen molar-refractivity contribution in [2.75, 3.05) is 19.8 Å². The standard InChI is InChI=1S/C17H24ClNO2/c1-11(2)16-13(9-12-5-3-4-6-19-12)14(18)10-15-17(16)21-8-7-20-15/h10-12,19H,3-9H2,1-2H3. The monoisotopic (exact) mass is 309 g/mol. The second kappa shape index (κ2) is 6.45. The Morgan fingerprint density at radius 3 is 2.81 bits per heavy atom. The summed E-state index contributed by atoms with van der Waals surface area (Å²) < 4.78 is 11.6. The van der Waals surface area contributed by atoms with Crippen LogP contribution in [0.3, 0.4) is 0 Å². The molecule has 21 heavy (non-hydrogen) atoms. The maximum absolute atomic E-state index is 6.57. The van der Waals surface area contributed by atoms with Crippen molar-refractivity contribution in [1.29, 1.82) is 0 Å². The third kappa shape index (κ3) is 3.14. The van der Waals surface area contributed by atoms with E-state index in [1.807, 2.05) is 6.07 Å². The van der Waals surface area contributed by atoms with Crippen LogP contribution in [0.15, 0.2) is 6.07 Å². The van der Waals surface area contributed by atoms with Crippen molar-refractivity contribution in [3.8, 4) is 11.5 Å². The molecule has 2 aliphatic rings. The lowest BCUT2D eigenvalue weighted by atomic mass is 9.89. The number of rotatable bonds is 3. The Morgan fingerprint density at radius 2 is 2.10 bits per heavy atom. The zero-order chi connectivity index (χ0) is 14.8. The Bertz CT molecular complexity index is 510. The van der Waals surface area contributed by atoms with Crippen LogP contribution < -0.4 is 14.8 Å². The Balaban J connectivity index is 1.97. The molecule has 1 unspecified atom stereocenters.